The lowest BCUT2D eigenvalue weighted by molar-refractivity contribution is -0.108. The van der Waals surface area contributed by atoms with Crippen LogP contribution in [-0.2, 0) is 4.79 Å². The molecule has 0 amide bonds. The zero-order valence-electron chi connectivity index (χ0n) is 16.8. The highest BCUT2D eigenvalue weighted by atomic mass is 32.2. The molecular formula is C24H25N3O2S. The largest absolute Gasteiger partial charge is 0.457 e. The van der Waals surface area contributed by atoms with Crippen LogP contribution in [0.2, 0.25) is 0 Å². The number of aromatic nitrogens is 1. The lowest BCUT2D eigenvalue weighted by atomic mass is 10.1. The van der Waals surface area contributed by atoms with Crippen molar-refractivity contribution in [3.05, 3.63) is 54.2 Å². The molecule has 1 atom stereocenters. The molecule has 1 aliphatic heterocycles. The highest BCUT2D eigenvalue weighted by Crippen LogP contribution is 2.36. The number of aromatic amines is 1. The predicted molar refractivity (Wildman–Crippen MR) is 124 cm³/mol. The van der Waals surface area contributed by atoms with E-state index in [0.717, 1.165) is 50.9 Å². The number of thioether (sulfide) groups is 1. The summed E-state index contributed by atoms with van der Waals surface area (Å²) in [6.07, 6.45) is 6.41. The summed E-state index contributed by atoms with van der Waals surface area (Å²) in [6, 6.07) is 16.8. The van der Waals surface area contributed by atoms with E-state index in [0.29, 0.717) is 12.5 Å². The number of H-pyrrole nitrogens is 1. The number of rotatable bonds is 7. The minimum atomic E-state index is 0.0852. The SMILES string of the molecule is O=CCC1CSC(c2cc3cc(Oc4ccccc4)cc(NC4CCCC4)c3[nH]2)=N1. The molecule has 3 aromatic rings. The lowest BCUT2D eigenvalue weighted by Crippen LogP contribution is -2.14. The maximum Gasteiger partial charge on any atom is 0.130 e. The molecule has 0 radical (unpaired) electrons. The second-order valence-corrected chi connectivity index (χ2v) is 8.97. The van der Waals surface area contributed by atoms with Gasteiger partial charge in [0, 0.05) is 29.7 Å². The molecule has 1 fully saturated rings. The van der Waals surface area contributed by atoms with Crippen molar-refractivity contribution in [2.24, 2.45) is 4.99 Å². The number of carbonyl (C=O) groups is 1. The molecule has 5 nitrogen and oxygen atoms in total. The summed E-state index contributed by atoms with van der Waals surface area (Å²) in [5, 5.41) is 5.82. The second kappa shape index (κ2) is 8.56. The average Bonchev–Trinajstić information content (AvgIpc) is 3.49. The van der Waals surface area contributed by atoms with Crippen LogP contribution in [0.1, 0.15) is 37.8 Å². The number of carbonyl (C=O) groups excluding carboxylic acids is 1. The number of aldehydes is 1. The van der Waals surface area contributed by atoms with Gasteiger partial charge in [0.15, 0.2) is 0 Å². The van der Waals surface area contributed by atoms with Crippen molar-refractivity contribution in [1.29, 1.82) is 0 Å². The maximum atomic E-state index is 10.8. The fourth-order valence-electron chi connectivity index (χ4n) is 4.21. The first kappa shape index (κ1) is 19.2. The zero-order chi connectivity index (χ0) is 20.3. The Balaban J connectivity index is 1.51. The fourth-order valence-corrected chi connectivity index (χ4v) is 5.26. The monoisotopic (exact) mass is 419 g/mol. The van der Waals surface area contributed by atoms with Crippen molar-refractivity contribution in [2.75, 3.05) is 11.1 Å². The number of aliphatic imine (C=N–C) groups is 1. The van der Waals surface area contributed by atoms with Gasteiger partial charge in [-0.2, -0.15) is 0 Å². The zero-order valence-corrected chi connectivity index (χ0v) is 17.6. The molecule has 0 saturated heterocycles. The van der Waals surface area contributed by atoms with E-state index >= 15 is 0 Å². The van der Waals surface area contributed by atoms with Crippen LogP contribution in [0.25, 0.3) is 10.9 Å². The second-order valence-electron chi connectivity index (χ2n) is 7.96. The summed E-state index contributed by atoms with van der Waals surface area (Å²) in [5.41, 5.74) is 3.17. The van der Waals surface area contributed by atoms with Crippen molar-refractivity contribution in [3.63, 3.8) is 0 Å². The van der Waals surface area contributed by atoms with Crippen LogP contribution in [0.15, 0.2) is 53.5 Å². The standard InChI is InChI=1S/C24H25N3O2S/c28-11-10-18-15-30-24(26-18)22-13-16-12-20(29-19-8-2-1-3-9-19)14-21(23(16)27-22)25-17-6-4-5-7-17/h1-3,8-9,11-14,17-18,25,27H,4-7,10,15H2. The molecule has 1 unspecified atom stereocenters. The van der Waals surface area contributed by atoms with Gasteiger partial charge in [0.1, 0.15) is 22.8 Å². The number of para-hydroxylation sites is 1. The van der Waals surface area contributed by atoms with E-state index in [-0.39, 0.29) is 6.04 Å². The van der Waals surface area contributed by atoms with Crippen LogP contribution in [0.5, 0.6) is 11.5 Å². The number of benzene rings is 2. The summed E-state index contributed by atoms with van der Waals surface area (Å²) in [4.78, 5) is 19.1. The van der Waals surface area contributed by atoms with Gasteiger partial charge < -0.3 is 19.8 Å². The van der Waals surface area contributed by atoms with Gasteiger partial charge >= 0.3 is 0 Å². The summed E-state index contributed by atoms with van der Waals surface area (Å²) in [6.45, 7) is 0. The number of nitrogens with zero attached hydrogens (tertiary/aromatic N) is 1. The number of nitrogens with one attached hydrogen (secondary N) is 2. The highest BCUT2D eigenvalue weighted by molar-refractivity contribution is 8.14. The van der Waals surface area contributed by atoms with E-state index in [2.05, 4.69) is 28.5 Å². The fraction of sp³-hybridized carbons (Fsp3) is 0.333. The Morgan fingerprint density at radius 3 is 2.77 bits per heavy atom. The van der Waals surface area contributed by atoms with E-state index < -0.39 is 0 Å². The molecular weight excluding hydrogens is 394 g/mol. The third-order valence-electron chi connectivity index (χ3n) is 5.71. The Labute approximate surface area is 180 Å². The first-order chi connectivity index (χ1) is 14.8. The summed E-state index contributed by atoms with van der Waals surface area (Å²) in [5.74, 6) is 2.50. The molecule has 0 spiro atoms. The van der Waals surface area contributed by atoms with Crippen molar-refractivity contribution >= 4 is 39.7 Å². The van der Waals surface area contributed by atoms with Crippen LogP contribution in [-0.4, -0.2) is 34.2 Å². The van der Waals surface area contributed by atoms with Gasteiger partial charge in [0.2, 0.25) is 0 Å². The van der Waals surface area contributed by atoms with Crippen LogP contribution < -0.4 is 10.1 Å². The Hall–Kier alpha value is -2.73. The summed E-state index contributed by atoms with van der Waals surface area (Å²) in [7, 11) is 0. The normalized spacial score (nSPS) is 19.2. The van der Waals surface area contributed by atoms with E-state index in [4.69, 9.17) is 9.73 Å². The Bertz CT molecular complexity index is 1070. The molecule has 30 heavy (non-hydrogen) atoms. The topological polar surface area (TPSA) is 66.5 Å². The predicted octanol–water partition coefficient (Wildman–Crippen LogP) is 5.77. The molecule has 2 aliphatic rings. The minimum absolute atomic E-state index is 0.0852. The molecule has 2 heterocycles. The first-order valence-corrected chi connectivity index (χ1v) is 11.6. The molecule has 1 saturated carbocycles. The number of hydrogen-bond acceptors (Lipinski definition) is 5. The van der Waals surface area contributed by atoms with Crippen molar-refractivity contribution in [3.8, 4) is 11.5 Å². The smallest absolute Gasteiger partial charge is 0.130 e. The number of ether oxygens (including phenoxy) is 1. The van der Waals surface area contributed by atoms with Gasteiger partial charge in [-0.25, -0.2) is 0 Å². The van der Waals surface area contributed by atoms with Crippen LogP contribution in [0.4, 0.5) is 5.69 Å². The highest BCUT2D eigenvalue weighted by Gasteiger charge is 2.22. The summed E-state index contributed by atoms with van der Waals surface area (Å²) < 4.78 is 6.15. The van der Waals surface area contributed by atoms with E-state index in [1.807, 2.05) is 30.3 Å². The average molecular weight is 420 g/mol. The maximum absolute atomic E-state index is 10.8. The van der Waals surface area contributed by atoms with Crippen LogP contribution >= 0.6 is 11.8 Å². The molecule has 5 rings (SSSR count). The molecule has 1 aliphatic carbocycles. The number of anilines is 1. The van der Waals surface area contributed by atoms with Crippen molar-refractivity contribution < 1.29 is 9.53 Å². The Kier molecular flexibility index (Phi) is 5.49. The molecule has 2 aromatic carbocycles. The van der Waals surface area contributed by atoms with E-state index in [1.54, 1.807) is 11.8 Å². The number of hydrogen-bond donors (Lipinski definition) is 2. The van der Waals surface area contributed by atoms with Gasteiger partial charge in [-0.3, -0.25) is 4.99 Å². The van der Waals surface area contributed by atoms with Gasteiger partial charge in [0.25, 0.3) is 0 Å². The Morgan fingerprint density at radius 1 is 1.13 bits per heavy atom. The van der Waals surface area contributed by atoms with Crippen molar-refractivity contribution in [1.82, 2.24) is 4.98 Å². The quantitative estimate of drug-likeness (QED) is 0.478. The van der Waals surface area contributed by atoms with Crippen LogP contribution in [0, 0.1) is 0 Å². The van der Waals surface area contributed by atoms with Gasteiger partial charge in [-0.1, -0.05) is 31.0 Å². The minimum Gasteiger partial charge on any atom is -0.457 e. The van der Waals surface area contributed by atoms with E-state index in [1.165, 1.54) is 25.7 Å². The number of fused-ring (bicyclic) bond motifs is 1. The molecule has 154 valence electrons. The lowest BCUT2D eigenvalue weighted by Gasteiger charge is -2.16. The summed E-state index contributed by atoms with van der Waals surface area (Å²) >= 11 is 1.71. The molecule has 6 heteroatoms. The molecule has 0 bridgehead atoms. The molecule has 2 N–H and O–H groups in total. The van der Waals surface area contributed by atoms with Gasteiger partial charge in [-0.15, -0.1) is 11.8 Å². The Morgan fingerprint density at radius 2 is 1.97 bits per heavy atom. The van der Waals surface area contributed by atoms with E-state index in [9.17, 15) is 4.79 Å². The third-order valence-corrected chi connectivity index (χ3v) is 6.86. The third kappa shape index (κ3) is 4.10. The van der Waals surface area contributed by atoms with Crippen LogP contribution in [0.3, 0.4) is 0 Å². The van der Waals surface area contributed by atoms with Gasteiger partial charge in [0.05, 0.1) is 22.9 Å². The van der Waals surface area contributed by atoms with Gasteiger partial charge in [-0.05, 0) is 37.1 Å². The van der Waals surface area contributed by atoms with Crippen molar-refractivity contribution in [2.45, 2.75) is 44.2 Å². The molecule has 1 aromatic heterocycles. The first-order valence-electron chi connectivity index (χ1n) is 10.6.